The maximum atomic E-state index is 12.4. The van der Waals surface area contributed by atoms with Crippen LogP contribution in [0.15, 0.2) is 24.3 Å². The number of hydrogen-bond donors (Lipinski definition) is 1. The van der Waals surface area contributed by atoms with E-state index in [0.29, 0.717) is 24.4 Å². The number of nitrogens with zero attached hydrogens (tertiary/aromatic N) is 1. The van der Waals surface area contributed by atoms with Gasteiger partial charge in [0.15, 0.2) is 0 Å². The molecule has 3 rings (SSSR count). The van der Waals surface area contributed by atoms with Crippen LogP contribution in [0, 0.1) is 0 Å². The summed E-state index contributed by atoms with van der Waals surface area (Å²) in [6.45, 7) is 1.94. The predicted octanol–water partition coefficient (Wildman–Crippen LogP) is 2.63. The van der Waals surface area contributed by atoms with Gasteiger partial charge in [-0.25, -0.2) is 0 Å². The van der Waals surface area contributed by atoms with Gasteiger partial charge in [-0.1, -0.05) is 23.7 Å². The van der Waals surface area contributed by atoms with Crippen LogP contribution in [0.4, 0.5) is 0 Å². The summed E-state index contributed by atoms with van der Waals surface area (Å²) < 4.78 is 0. The molecule has 20 heavy (non-hydrogen) atoms. The van der Waals surface area contributed by atoms with Crippen molar-refractivity contribution < 1.29 is 4.79 Å². The summed E-state index contributed by atoms with van der Waals surface area (Å²) in [6.07, 6.45) is 4.87. The zero-order chi connectivity index (χ0) is 13.9. The number of aryl methyl sites for hydroxylation is 1. The average Bonchev–Trinajstić information content (AvgIpc) is 2.71. The Labute approximate surface area is 125 Å². The monoisotopic (exact) mass is 292 g/mol. The SMILES string of the molecule is O=C(CCCc1ccc(Cl)cc1)N1[C@@H]2CC[C@H]1CNC2. The van der Waals surface area contributed by atoms with Gasteiger partial charge in [0.1, 0.15) is 0 Å². The van der Waals surface area contributed by atoms with E-state index in [9.17, 15) is 4.79 Å². The highest BCUT2D eigenvalue weighted by atomic mass is 35.5. The molecule has 0 radical (unpaired) electrons. The van der Waals surface area contributed by atoms with E-state index >= 15 is 0 Å². The molecule has 2 atom stereocenters. The van der Waals surface area contributed by atoms with Crippen LogP contribution in [0.3, 0.4) is 0 Å². The molecule has 4 heteroatoms. The Kier molecular flexibility index (Phi) is 4.27. The summed E-state index contributed by atoms with van der Waals surface area (Å²) in [5.74, 6) is 0.341. The quantitative estimate of drug-likeness (QED) is 0.925. The lowest BCUT2D eigenvalue weighted by atomic mass is 10.1. The van der Waals surface area contributed by atoms with Crippen LogP contribution in [0.25, 0.3) is 0 Å². The number of nitrogens with one attached hydrogen (secondary N) is 1. The van der Waals surface area contributed by atoms with E-state index in [1.54, 1.807) is 0 Å². The fraction of sp³-hybridized carbons (Fsp3) is 0.562. The van der Waals surface area contributed by atoms with Gasteiger partial charge in [0, 0.05) is 36.6 Å². The summed E-state index contributed by atoms with van der Waals surface area (Å²) >= 11 is 5.87. The molecule has 3 nitrogen and oxygen atoms in total. The van der Waals surface area contributed by atoms with Gasteiger partial charge < -0.3 is 10.2 Å². The fourth-order valence-corrected chi connectivity index (χ4v) is 3.54. The van der Waals surface area contributed by atoms with E-state index in [0.717, 1.165) is 31.0 Å². The largest absolute Gasteiger partial charge is 0.334 e. The van der Waals surface area contributed by atoms with Crippen LogP contribution in [-0.2, 0) is 11.2 Å². The van der Waals surface area contributed by atoms with E-state index in [1.165, 1.54) is 18.4 Å². The number of piperazine rings is 1. The lowest BCUT2D eigenvalue weighted by molar-refractivity contribution is -0.135. The second-order valence-electron chi connectivity index (χ2n) is 5.82. The van der Waals surface area contributed by atoms with Crippen molar-refractivity contribution >= 4 is 17.5 Å². The minimum absolute atomic E-state index is 0.341. The Morgan fingerprint density at radius 1 is 1.20 bits per heavy atom. The number of carbonyl (C=O) groups is 1. The van der Waals surface area contributed by atoms with E-state index in [2.05, 4.69) is 10.2 Å². The lowest BCUT2D eigenvalue weighted by Gasteiger charge is -2.35. The van der Waals surface area contributed by atoms with E-state index in [4.69, 9.17) is 11.6 Å². The molecule has 2 aliphatic heterocycles. The Morgan fingerprint density at radius 2 is 1.85 bits per heavy atom. The second kappa shape index (κ2) is 6.15. The molecule has 1 N–H and O–H groups in total. The van der Waals surface area contributed by atoms with Crippen LogP contribution in [0.1, 0.15) is 31.2 Å². The predicted molar refractivity (Wildman–Crippen MR) is 80.9 cm³/mol. The van der Waals surface area contributed by atoms with Gasteiger partial charge in [-0.05, 0) is 43.4 Å². The van der Waals surface area contributed by atoms with Crippen molar-refractivity contribution in [2.75, 3.05) is 13.1 Å². The number of halogens is 1. The van der Waals surface area contributed by atoms with Crippen LogP contribution in [-0.4, -0.2) is 36.0 Å². The molecule has 1 aromatic rings. The molecule has 0 aromatic heterocycles. The third kappa shape index (κ3) is 2.99. The van der Waals surface area contributed by atoms with Gasteiger partial charge >= 0.3 is 0 Å². The smallest absolute Gasteiger partial charge is 0.223 e. The molecule has 2 bridgehead atoms. The molecular formula is C16H21ClN2O. The molecule has 2 saturated heterocycles. The maximum absolute atomic E-state index is 12.4. The first-order valence-corrected chi connectivity index (χ1v) is 7.88. The van der Waals surface area contributed by atoms with Crippen molar-refractivity contribution in [3.05, 3.63) is 34.9 Å². The minimum Gasteiger partial charge on any atom is -0.334 e. The van der Waals surface area contributed by atoms with E-state index < -0.39 is 0 Å². The Morgan fingerprint density at radius 3 is 2.50 bits per heavy atom. The van der Waals surface area contributed by atoms with Gasteiger partial charge in [-0.2, -0.15) is 0 Å². The Balaban J connectivity index is 1.49. The first kappa shape index (κ1) is 13.9. The zero-order valence-corrected chi connectivity index (χ0v) is 12.4. The van der Waals surface area contributed by atoms with E-state index in [1.807, 2.05) is 24.3 Å². The number of rotatable bonds is 4. The van der Waals surface area contributed by atoms with Crippen LogP contribution in [0.5, 0.6) is 0 Å². The Bertz CT molecular complexity index is 458. The summed E-state index contributed by atoms with van der Waals surface area (Å²) in [5.41, 5.74) is 1.26. The van der Waals surface area contributed by atoms with Crippen LogP contribution in [0.2, 0.25) is 5.02 Å². The normalized spacial score (nSPS) is 24.9. The Hall–Kier alpha value is -1.06. The first-order chi connectivity index (χ1) is 9.74. The molecular weight excluding hydrogens is 272 g/mol. The number of fused-ring (bicyclic) bond motifs is 2. The zero-order valence-electron chi connectivity index (χ0n) is 11.6. The summed E-state index contributed by atoms with van der Waals surface area (Å²) in [6, 6.07) is 8.79. The number of benzene rings is 1. The van der Waals surface area contributed by atoms with Crippen molar-refractivity contribution in [1.29, 1.82) is 0 Å². The number of hydrogen-bond acceptors (Lipinski definition) is 2. The minimum atomic E-state index is 0.341. The van der Waals surface area contributed by atoms with Crippen LogP contribution < -0.4 is 5.32 Å². The van der Waals surface area contributed by atoms with Gasteiger partial charge in [0.05, 0.1) is 0 Å². The third-order valence-corrected chi connectivity index (χ3v) is 4.69. The van der Waals surface area contributed by atoms with Gasteiger partial charge in [-0.3, -0.25) is 4.79 Å². The van der Waals surface area contributed by atoms with Crippen molar-refractivity contribution in [1.82, 2.24) is 10.2 Å². The lowest BCUT2D eigenvalue weighted by Crippen LogP contribution is -2.54. The number of carbonyl (C=O) groups excluding carboxylic acids is 1. The second-order valence-corrected chi connectivity index (χ2v) is 6.26. The van der Waals surface area contributed by atoms with E-state index in [-0.39, 0.29) is 0 Å². The van der Waals surface area contributed by atoms with Gasteiger partial charge in [-0.15, -0.1) is 0 Å². The highest BCUT2D eigenvalue weighted by Gasteiger charge is 2.38. The topological polar surface area (TPSA) is 32.3 Å². The molecule has 2 fully saturated rings. The maximum Gasteiger partial charge on any atom is 0.223 e. The first-order valence-electron chi connectivity index (χ1n) is 7.50. The molecule has 1 amide bonds. The standard InChI is InChI=1S/C16H21ClN2O/c17-13-6-4-12(5-7-13)2-1-3-16(20)19-14-8-9-15(19)11-18-10-14/h4-7,14-15,18H,1-3,8-11H2/t14-,15+. The number of amides is 1. The molecule has 108 valence electrons. The van der Waals surface area contributed by atoms with Crippen molar-refractivity contribution in [2.45, 2.75) is 44.2 Å². The summed E-state index contributed by atoms with van der Waals surface area (Å²) in [4.78, 5) is 14.5. The summed E-state index contributed by atoms with van der Waals surface area (Å²) in [5, 5.41) is 4.18. The molecule has 0 saturated carbocycles. The molecule has 0 spiro atoms. The fourth-order valence-electron chi connectivity index (χ4n) is 3.41. The van der Waals surface area contributed by atoms with Gasteiger partial charge in [0.2, 0.25) is 5.91 Å². The molecule has 0 unspecified atom stereocenters. The molecule has 2 aliphatic rings. The highest BCUT2D eigenvalue weighted by molar-refractivity contribution is 6.30. The molecule has 2 heterocycles. The average molecular weight is 293 g/mol. The third-order valence-electron chi connectivity index (χ3n) is 4.44. The highest BCUT2D eigenvalue weighted by Crippen LogP contribution is 2.27. The van der Waals surface area contributed by atoms with Crippen molar-refractivity contribution in [3.8, 4) is 0 Å². The van der Waals surface area contributed by atoms with Crippen molar-refractivity contribution in [2.24, 2.45) is 0 Å². The van der Waals surface area contributed by atoms with Gasteiger partial charge in [0.25, 0.3) is 0 Å². The molecule has 1 aromatic carbocycles. The molecule has 0 aliphatic carbocycles. The summed E-state index contributed by atoms with van der Waals surface area (Å²) in [7, 11) is 0. The van der Waals surface area contributed by atoms with Crippen molar-refractivity contribution in [3.63, 3.8) is 0 Å². The van der Waals surface area contributed by atoms with Crippen LogP contribution >= 0.6 is 11.6 Å².